The molecule has 0 unspecified atom stereocenters. The molecule has 0 saturated carbocycles. The van der Waals surface area contributed by atoms with E-state index in [1.807, 2.05) is 18.3 Å². The van der Waals surface area contributed by atoms with Crippen molar-refractivity contribution in [1.82, 2.24) is 24.9 Å². The smallest absolute Gasteiger partial charge is 0.151 e. The average molecular weight is 351 g/mol. The molecule has 26 heavy (non-hydrogen) atoms. The fraction of sp³-hybridized carbons (Fsp3) is 0.278. The van der Waals surface area contributed by atoms with Crippen molar-refractivity contribution in [3.05, 3.63) is 48.4 Å². The van der Waals surface area contributed by atoms with E-state index in [0.717, 1.165) is 29.9 Å². The Bertz CT molecular complexity index is 1090. The Kier molecular flexibility index (Phi) is 3.23. The summed E-state index contributed by atoms with van der Waals surface area (Å²) in [7, 11) is 0. The number of benzene rings is 1. The van der Waals surface area contributed by atoms with Gasteiger partial charge in [-0.1, -0.05) is 6.07 Å². The topological polar surface area (TPSA) is 99.5 Å². The lowest BCUT2D eigenvalue weighted by Gasteiger charge is -2.38. The Morgan fingerprint density at radius 2 is 2.00 bits per heavy atom. The number of rotatable bonds is 2. The second-order valence-corrected chi connectivity index (χ2v) is 6.80. The van der Waals surface area contributed by atoms with Crippen LogP contribution in [0.4, 0.5) is 10.2 Å². The van der Waals surface area contributed by atoms with E-state index in [1.165, 1.54) is 6.07 Å². The van der Waals surface area contributed by atoms with Gasteiger partial charge in [0.25, 0.3) is 0 Å². The fourth-order valence-corrected chi connectivity index (χ4v) is 3.70. The molecule has 4 N–H and O–H groups in total. The number of nitrogens with zero attached hydrogens (tertiary/aromatic N) is 4. The number of aromatic nitrogens is 5. The van der Waals surface area contributed by atoms with Crippen LogP contribution in [-0.2, 0) is 5.54 Å². The third-order valence-corrected chi connectivity index (χ3v) is 5.22. The van der Waals surface area contributed by atoms with Gasteiger partial charge in [-0.15, -0.1) is 0 Å². The number of nitrogens with one attached hydrogen (secondary N) is 2. The molecular formula is C18H18FN7. The quantitative estimate of drug-likeness (QED) is 0.515. The van der Waals surface area contributed by atoms with Crippen molar-refractivity contribution in [1.29, 1.82) is 0 Å². The van der Waals surface area contributed by atoms with Crippen LogP contribution in [0, 0.1) is 5.82 Å². The second-order valence-electron chi connectivity index (χ2n) is 6.80. The Morgan fingerprint density at radius 3 is 2.81 bits per heavy atom. The Hall–Kier alpha value is -3.00. The van der Waals surface area contributed by atoms with Gasteiger partial charge in [0.05, 0.1) is 16.4 Å². The number of aromatic amines is 2. The van der Waals surface area contributed by atoms with Gasteiger partial charge in [-0.05, 0) is 31.0 Å². The van der Waals surface area contributed by atoms with Crippen molar-refractivity contribution in [3.63, 3.8) is 0 Å². The lowest BCUT2D eigenvalue weighted by atomic mass is 9.88. The first-order valence-electron chi connectivity index (χ1n) is 8.61. The van der Waals surface area contributed by atoms with Crippen LogP contribution < -0.4 is 10.6 Å². The summed E-state index contributed by atoms with van der Waals surface area (Å²) in [6, 6.07) is 6.88. The van der Waals surface area contributed by atoms with Crippen molar-refractivity contribution in [2.24, 2.45) is 5.73 Å². The monoisotopic (exact) mass is 351 g/mol. The molecule has 5 rings (SSSR count). The predicted molar refractivity (Wildman–Crippen MR) is 97.3 cm³/mol. The van der Waals surface area contributed by atoms with Crippen molar-refractivity contribution >= 4 is 27.9 Å². The summed E-state index contributed by atoms with van der Waals surface area (Å²) >= 11 is 0. The van der Waals surface area contributed by atoms with E-state index in [0.29, 0.717) is 29.7 Å². The standard InChI is InChI=1S/C18H18FN7/c19-12-2-1-3-13-14(12)25-17(24-13)18(20)5-8-26(9-6-18)16-11-4-7-21-15(11)22-10-23-16/h1-4,7,10H,5-6,8-9,20H2,(H,24,25)(H,21,22,23). The summed E-state index contributed by atoms with van der Waals surface area (Å²) in [6.45, 7) is 1.49. The first-order valence-corrected chi connectivity index (χ1v) is 8.61. The fourth-order valence-electron chi connectivity index (χ4n) is 3.70. The van der Waals surface area contributed by atoms with Gasteiger partial charge in [0, 0.05) is 19.3 Å². The van der Waals surface area contributed by atoms with E-state index in [2.05, 4.69) is 29.8 Å². The summed E-state index contributed by atoms with van der Waals surface area (Å²) in [5.41, 5.74) is 7.89. The normalized spacial score (nSPS) is 17.2. The van der Waals surface area contributed by atoms with Gasteiger partial charge >= 0.3 is 0 Å². The van der Waals surface area contributed by atoms with Gasteiger partial charge in [-0.3, -0.25) is 0 Å². The highest BCUT2D eigenvalue weighted by Gasteiger charge is 2.36. The van der Waals surface area contributed by atoms with E-state index in [4.69, 9.17) is 5.73 Å². The van der Waals surface area contributed by atoms with E-state index >= 15 is 0 Å². The maximum atomic E-state index is 13.9. The highest BCUT2D eigenvalue weighted by atomic mass is 19.1. The van der Waals surface area contributed by atoms with Gasteiger partial charge in [0.15, 0.2) is 5.82 Å². The third kappa shape index (κ3) is 2.26. The molecule has 132 valence electrons. The zero-order valence-corrected chi connectivity index (χ0v) is 14.0. The molecule has 1 aliphatic heterocycles. The van der Waals surface area contributed by atoms with Crippen LogP contribution in [0.3, 0.4) is 0 Å². The highest BCUT2D eigenvalue weighted by Crippen LogP contribution is 2.33. The Balaban J connectivity index is 1.43. The Morgan fingerprint density at radius 1 is 1.15 bits per heavy atom. The molecule has 0 radical (unpaired) electrons. The minimum absolute atomic E-state index is 0.332. The summed E-state index contributed by atoms with van der Waals surface area (Å²) in [5.74, 6) is 1.22. The molecule has 3 aromatic heterocycles. The number of anilines is 1. The van der Waals surface area contributed by atoms with E-state index in [9.17, 15) is 4.39 Å². The molecule has 0 amide bonds. The molecule has 1 fully saturated rings. The SMILES string of the molecule is NC1(c2nc3c(F)cccc3[nH]2)CCN(c2ncnc3[nH]ccc23)CC1. The second kappa shape index (κ2) is 5.50. The zero-order chi connectivity index (χ0) is 17.7. The predicted octanol–water partition coefficient (Wildman–Crippen LogP) is 2.43. The van der Waals surface area contributed by atoms with Gasteiger partial charge in [-0.2, -0.15) is 0 Å². The number of fused-ring (bicyclic) bond motifs is 2. The lowest BCUT2D eigenvalue weighted by molar-refractivity contribution is 0.326. The summed E-state index contributed by atoms with van der Waals surface area (Å²) < 4.78 is 13.9. The molecule has 1 aliphatic rings. The van der Waals surface area contributed by atoms with Crippen molar-refractivity contribution < 1.29 is 4.39 Å². The lowest BCUT2D eigenvalue weighted by Crippen LogP contribution is -2.49. The number of hydrogen-bond donors (Lipinski definition) is 3. The maximum absolute atomic E-state index is 13.9. The molecule has 8 heteroatoms. The van der Waals surface area contributed by atoms with Crippen molar-refractivity contribution in [2.75, 3.05) is 18.0 Å². The molecule has 1 saturated heterocycles. The summed E-state index contributed by atoms with van der Waals surface area (Å²) in [6.07, 6.45) is 4.83. The number of hydrogen-bond acceptors (Lipinski definition) is 5. The van der Waals surface area contributed by atoms with E-state index < -0.39 is 5.54 Å². The molecule has 0 spiro atoms. The first-order chi connectivity index (χ1) is 12.6. The molecule has 1 aromatic carbocycles. The number of piperidine rings is 1. The van der Waals surface area contributed by atoms with Gasteiger partial charge in [0.2, 0.25) is 0 Å². The highest BCUT2D eigenvalue weighted by molar-refractivity contribution is 5.87. The maximum Gasteiger partial charge on any atom is 0.151 e. The number of halogens is 1. The number of para-hydroxylation sites is 1. The minimum Gasteiger partial charge on any atom is -0.356 e. The van der Waals surface area contributed by atoms with Crippen molar-refractivity contribution in [2.45, 2.75) is 18.4 Å². The minimum atomic E-state index is -0.605. The van der Waals surface area contributed by atoms with Crippen LogP contribution in [0.2, 0.25) is 0 Å². The molecular weight excluding hydrogens is 333 g/mol. The molecule has 4 heterocycles. The molecule has 0 bridgehead atoms. The zero-order valence-electron chi connectivity index (χ0n) is 14.0. The molecule has 7 nitrogen and oxygen atoms in total. The van der Waals surface area contributed by atoms with Crippen LogP contribution in [-0.4, -0.2) is 38.0 Å². The summed E-state index contributed by atoms with van der Waals surface area (Å²) in [4.78, 5) is 21.7. The van der Waals surface area contributed by atoms with Crippen molar-refractivity contribution in [3.8, 4) is 0 Å². The van der Waals surface area contributed by atoms with Crippen LogP contribution in [0.25, 0.3) is 22.1 Å². The van der Waals surface area contributed by atoms with Crippen LogP contribution in [0.15, 0.2) is 36.8 Å². The van der Waals surface area contributed by atoms with Gasteiger partial charge in [-0.25, -0.2) is 19.3 Å². The molecule has 0 atom stereocenters. The van der Waals surface area contributed by atoms with Gasteiger partial charge < -0.3 is 20.6 Å². The van der Waals surface area contributed by atoms with Gasteiger partial charge in [0.1, 0.15) is 29.1 Å². The molecule has 0 aliphatic carbocycles. The number of H-pyrrole nitrogens is 2. The number of nitrogens with two attached hydrogens (primary N) is 1. The Labute approximate surface area is 148 Å². The van der Waals surface area contributed by atoms with E-state index in [1.54, 1.807) is 12.4 Å². The first kappa shape index (κ1) is 15.3. The largest absolute Gasteiger partial charge is 0.356 e. The van der Waals surface area contributed by atoms with Crippen LogP contribution >= 0.6 is 0 Å². The van der Waals surface area contributed by atoms with Crippen LogP contribution in [0.5, 0.6) is 0 Å². The number of imidazole rings is 1. The summed E-state index contributed by atoms with van der Waals surface area (Å²) in [5, 5.41) is 1.00. The van der Waals surface area contributed by atoms with Crippen LogP contribution in [0.1, 0.15) is 18.7 Å². The third-order valence-electron chi connectivity index (χ3n) is 5.22. The molecule has 4 aromatic rings. The average Bonchev–Trinajstić information content (AvgIpc) is 3.30. The van der Waals surface area contributed by atoms with E-state index in [-0.39, 0.29) is 5.82 Å².